The number of aliphatic hydroxyl groups is 1. The van der Waals surface area contributed by atoms with Gasteiger partial charge >= 0.3 is 0 Å². The highest BCUT2D eigenvalue weighted by Gasteiger charge is 2.26. The molecule has 4 heteroatoms. The lowest BCUT2D eigenvalue weighted by molar-refractivity contribution is -0.125. The Morgan fingerprint density at radius 2 is 1.85 bits per heavy atom. The Hall–Kier alpha value is -2.07. The molecule has 1 aromatic carbocycles. The second-order valence-electron chi connectivity index (χ2n) is 5.09. The number of carbonyl (C=O) groups excluding carboxylic acids is 1. The van der Waals surface area contributed by atoms with Crippen molar-refractivity contribution in [3.63, 3.8) is 0 Å². The molecule has 1 unspecified atom stereocenters. The molecular weight excluding hydrogens is 252 g/mol. The van der Waals surface area contributed by atoms with Crippen LogP contribution in [0.15, 0.2) is 54.9 Å². The molecule has 0 saturated carbocycles. The predicted molar refractivity (Wildman–Crippen MR) is 78.1 cm³/mol. The van der Waals surface area contributed by atoms with Gasteiger partial charge in [0.15, 0.2) is 0 Å². The Bertz CT molecular complexity index is 533. The van der Waals surface area contributed by atoms with Crippen LogP contribution in [0.4, 0.5) is 0 Å². The van der Waals surface area contributed by atoms with E-state index in [0.717, 1.165) is 12.1 Å². The van der Waals surface area contributed by atoms with E-state index in [0.29, 0.717) is 6.54 Å². The van der Waals surface area contributed by atoms with Crippen molar-refractivity contribution in [2.45, 2.75) is 25.5 Å². The van der Waals surface area contributed by atoms with E-state index in [1.54, 1.807) is 6.92 Å². The molecule has 4 nitrogen and oxygen atoms in total. The highest BCUT2D eigenvalue weighted by molar-refractivity contribution is 5.77. The van der Waals surface area contributed by atoms with Crippen molar-refractivity contribution in [1.29, 1.82) is 0 Å². The monoisotopic (exact) mass is 272 g/mol. The summed E-state index contributed by atoms with van der Waals surface area (Å²) in [4.78, 5) is 11.9. The molecule has 106 valence electrons. The fourth-order valence-electron chi connectivity index (χ4n) is 2.12. The molecule has 0 bridgehead atoms. The Morgan fingerprint density at radius 1 is 1.20 bits per heavy atom. The van der Waals surface area contributed by atoms with E-state index in [1.807, 2.05) is 59.4 Å². The number of aromatic nitrogens is 1. The van der Waals surface area contributed by atoms with Gasteiger partial charge in [-0.2, -0.15) is 0 Å². The zero-order valence-corrected chi connectivity index (χ0v) is 11.6. The lowest BCUT2D eigenvalue weighted by Crippen LogP contribution is -2.34. The molecule has 0 aliphatic rings. The third kappa shape index (κ3) is 3.96. The van der Waals surface area contributed by atoms with Crippen LogP contribution in [0.3, 0.4) is 0 Å². The second-order valence-corrected chi connectivity index (χ2v) is 5.09. The van der Waals surface area contributed by atoms with Gasteiger partial charge in [0.1, 0.15) is 0 Å². The number of rotatable bonds is 6. The predicted octanol–water partition coefficient (Wildman–Crippen LogP) is 1.90. The fraction of sp³-hybridized carbons (Fsp3) is 0.312. The van der Waals surface area contributed by atoms with Gasteiger partial charge in [0, 0.05) is 25.5 Å². The molecule has 2 rings (SSSR count). The van der Waals surface area contributed by atoms with Gasteiger partial charge in [-0.05, 0) is 24.6 Å². The molecule has 1 heterocycles. The van der Waals surface area contributed by atoms with Gasteiger partial charge in [-0.25, -0.2) is 0 Å². The van der Waals surface area contributed by atoms with Crippen molar-refractivity contribution in [2.75, 3.05) is 6.54 Å². The lowest BCUT2D eigenvalue weighted by atomic mass is 9.92. The van der Waals surface area contributed by atoms with E-state index in [4.69, 9.17) is 0 Å². The Labute approximate surface area is 119 Å². The summed E-state index contributed by atoms with van der Waals surface area (Å²) in [5.74, 6) is -0.147. The maximum Gasteiger partial charge on any atom is 0.223 e. The van der Waals surface area contributed by atoms with Crippen molar-refractivity contribution < 1.29 is 9.90 Å². The average Bonchev–Trinajstić information content (AvgIpc) is 2.92. The zero-order valence-electron chi connectivity index (χ0n) is 11.6. The molecule has 0 fully saturated rings. The Morgan fingerprint density at radius 3 is 2.50 bits per heavy atom. The standard InChI is InChI=1S/C16H20N2O2/c1-16(20,14-7-3-2-4-8-14)13-15(19)17-9-12-18-10-5-6-11-18/h2-8,10-11,20H,9,12-13H2,1H3,(H,17,19). The molecule has 20 heavy (non-hydrogen) atoms. The van der Waals surface area contributed by atoms with Gasteiger partial charge in [-0.3, -0.25) is 4.79 Å². The molecule has 0 saturated heterocycles. The number of carbonyl (C=O) groups is 1. The van der Waals surface area contributed by atoms with Crippen LogP contribution in [-0.2, 0) is 16.9 Å². The average molecular weight is 272 g/mol. The second kappa shape index (κ2) is 6.39. The van der Waals surface area contributed by atoms with Crippen molar-refractivity contribution >= 4 is 5.91 Å². The zero-order chi connectivity index (χ0) is 14.4. The van der Waals surface area contributed by atoms with Crippen LogP contribution < -0.4 is 5.32 Å². The molecule has 1 atom stereocenters. The summed E-state index contributed by atoms with van der Waals surface area (Å²) in [6.07, 6.45) is 3.96. The van der Waals surface area contributed by atoms with E-state index in [9.17, 15) is 9.90 Å². The fourth-order valence-corrected chi connectivity index (χ4v) is 2.12. The number of nitrogens with zero attached hydrogens (tertiary/aromatic N) is 1. The van der Waals surface area contributed by atoms with E-state index in [-0.39, 0.29) is 12.3 Å². The molecular formula is C16H20N2O2. The van der Waals surface area contributed by atoms with Crippen molar-refractivity contribution in [3.05, 3.63) is 60.4 Å². The van der Waals surface area contributed by atoms with Crippen LogP contribution in [0.25, 0.3) is 0 Å². The Balaban J connectivity index is 1.81. The largest absolute Gasteiger partial charge is 0.385 e. The Kier molecular flexibility index (Phi) is 4.58. The highest BCUT2D eigenvalue weighted by atomic mass is 16.3. The number of amides is 1. The normalized spacial score (nSPS) is 13.7. The van der Waals surface area contributed by atoms with Crippen LogP contribution in [-0.4, -0.2) is 22.1 Å². The molecule has 2 aromatic rings. The number of hydrogen-bond donors (Lipinski definition) is 2. The van der Waals surface area contributed by atoms with E-state index in [2.05, 4.69) is 5.32 Å². The van der Waals surface area contributed by atoms with Crippen LogP contribution in [0, 0.1) is 0 Å². The maximum absolute atomic E-state index is 11.9. The van der Waals surface area contributed by atoms with Gasteiger partial charge in [-0.15, -0.1) is 0 Å². The van der Waals surface area contributed by atoms with Crippen molar-refractivity contribution in [3.8, 4) is 0 Å². The third-order valence-corrected chi connectivity index (χ3v) is 3.26. The summed E-state index contributed by atoms with van der Waals surface area (Å²) in [5.41, 5.74) is -0.390. The first-order valence-electron chi connectivity index (χ1n) is 6.73. The van der Waals surface area contributed by atoms with E-state index in [1.165, 1.54) is 0 Å². The van der Waals surface area contributed by atoms with Gasteiger partial charge in [-0.1, -0.05) is 30.3 Å². The van der Waals surface area contributed by atoms with Crippen LogP contribution >= 0.6 is 0 Å². The minimum atomic E-state index is -1.14. The number of nitrogens with one attached hydrogen (secondary N) is 1. The molecule has 1 aromatic heterocycles. The maximum atomic E-state index is 11.9. The first-order chi connectivity index (χ1) is 9.58. The minimum Gasteiger partial charge on any atom is -0.385 e. The van der Waals surface area contributed by atoms with Gasteiger partial charge in [0.25, 0.3) is 0 Å². The van der Waals surface area contributed by atoms with Crippen LogP contribution in [0.1, 0.15) is 18.9 Å². The van der Waals surface area contributed by atoms with Gasteiger partial charge in [0.05, 0.1) is 12.0 Å². The summed E-state index contributed by atoms with van der Waals surface area (Å²) in [6.45, 7) is 2.94. The quantitative estimate of drug-likeness (QED) is 0.844. The molecule has 0 spiro atoms. The molecule has 2 N–H and O–H groups in total. The van der Waals surface area contributed by atoms with E-state index < -0.39 is 5.60 Å². The summed E-state index contributed by atoms with van der Waals surface area (Å²) >= 11 is 0. The minimum absolute atomic E-state index is 0.0582. The summed E-state index contributed by atoms with van der Waals surface area (Å²) in [6, 6.07) is 13.1. The smallest absolute Gasteiger partial charge is 0.223 e. The van der Waals surface area contributed by atoms with Gasteiger partial charge in [0.2, 0.25) is 5.91 Å². The highest BCUT2D eigenvalue weighted by Crippen LogP contribution is 2.23. The topological polar surface area (TPSA) is 54.3 Å². The van der Waals surface area contributed by atoms with Crippen molar-refractivity contribution in [1.82, 2.24) is 9.88 Å². The summed E-state index contributed by atoms with van der Waals surface area (Å²) in [5, 5.41) is 13.2. The molecule has 1 amide bonds. The van der Waals surface area contributed by atoms with Crippen LogP contribution in [0.2, 0.25) is 0 Å². The van der Waals surface area contributed by atoms with Gasteiger partial charge < -0.3 is 15.0 Å². The molecule has 0 aliphatic heterocycles. The number of benzene rings is 1. The summed E-state index contributed by atoms with van der Waals surface area (Å²) in [7, 11) is 0. The molecule has 0 aliphatic carbocycles. The van der Waals surface area contributed by atoms with Crippen LogP contribution in [0.5, 0.6) is 0 Å². The first kappa shape index (κ1) is 14.3. The SMILES string of the molecule is CC(O)(CC(=O)NCCn1cccc1)c1ccccc1. The number of hydrogen-bond acceptors (Lipinski definition) is 2. The lowest BCUT2D eigenvalue weighted by Gasteiger charge is -2.23. The molecule has 0 radical (unpaired) electrons. The first-order valence-corrected chi connectivity index (χ1v) is 6.73. The third-order valence-electron chi connectivity index (χ3n) is 3.26. The summed E-state index contributed by atoms with van der Waals surface area (Å²) < 4.78 is 2.00. The van der Waals surface area contributed by atoms with E-state index >= 15 is 0 Å². The van der Waals surface area contributed by atoms with Crippen molar-refractivity contribution in [2.24, 2.45) is 0 Å².